The first-order valence-electron chi connectivity index (χ1n) is 9.06. The number of aromatic nitrogens is 2. The van der Waals surface area contributed by atoms with Gasteiger partial charge < -0.3 is 18.9 Å². The Hall–Kier alpha value is -3.54. The van der Waals surface area contributed by atoms with Crippen LogP contribution in [-0.4, -0.2) is 28.4 Å². The third kappa shape index (κ3) is 3.24. The molecule has 0 saturated heterocycles. The minimum absolute atomic E-state index is 0.0352. The van der Waals surface area contributed by atoms with Crippen molar-refractivity contribution in [3.8, 4) is 28.3 Å². The quantitative estimate of drug-likeness (QED) is 0.561. The molecule has 0 aliphatic rings. The molecule has 0 fully saturated rings. The maximum atomic E-state index is 12.8. The molecule has 1 aromatic carbocycles. The highest BCUT2D eigenvalue weighted by atomic mass is 16.5. The largest absolute Gasteiger partial charge is 0.497 e. The van der Waals surface area contributed by atoms with Gasteiger partial charge in [0.1, 0.15) is 17.7 Å². The first-order valence-corrected chi connectivity index (χ1v) is 9.06. The fourth-order valence-corrected chi connectivity index (χ4v) is 3.25. The number of ether oxygens (including phenoxy) is 1. The van der Waals surface area contributed by atoms with Crippen LogP contribution < -0.4 is 10.1 Å². The molecule has 3 aromatic heterocycles. The molecule has 4 aromatic rings. The average Bonchev–Trinajstić information content (AvgIpc) is 3.34. The zero-order valence-electron chi connectivity index (χ0n) is 16.0. The van der Waals surface area contributed by atoms with E-state index in [0.29, 0.717) is 17.0 Å². The minimum Gasteiger partial charge on any atom is -0.497 e. The molecule has 6 heteroatoms. The molecule has 1 N–H and O–H groups in total. The Morgan fingerprint density at radius 3 is 2.75 bits per heavy atom. The van der Waals surface area contributed by atoms with Gasteiger partial charge in [-0.2, -0.15) is 0 Å². The molecular formula is C22H21N3O3. The van der Waals surface area contributed by atoms with E-state index in [1.807, 2.05) is 66.9 Å². The van der Waals surface area contributed by atoms with Gasteiger partial charge in [-0.05, 0) is 49.2 Å². The van der Waals surface area contributed by atoms with Crippen LogP contribution in [0, 0.1) is 0 Å². The predicted octanol–water partition coefficient (Wildman–Crippen LogP) is 4.41. The number of carbonyl (C=O) groups is 1. The molecule has 0 aliphatic heterocycles. The van der Waals surface area contributed by atoms with E-state index >= 15 is 0 Å². The highest BCUT2D eigenvalue weighted by Gasteiger charge is 2.21. The van der Waals surface area contributed by atoms with Crippen LogP contribution in [0.4, 0.5) is 0 Å². The van der Waals surface area contributed by atoms with Gasteiger partial charge in [0.15, 0.2) is 6.39 Å². The molecule has 0 bridgehead atoms. The lowest BCUT2D eigenvalue weighted by Crippen LogP contribution is -2.30. The molecule has 0 spiro atoms. The number of fused-ring (bicyclic) bond motifs is 1. The van der Waals surface area contributed by atoms with E-state index in [4.69, 9.17) is 9.15 Å². The van der Waals surface area contributed by atoms with Gasteiger partial charge in [0, 0.05) is 17.8 Å². The van der Waals surface area contributed by atoms with Gasteiger partial charge in [-0.25, -0.2) is 4.98 Å². The number of nitrogens with zero attached hydrogens (tertiary/aromatic N) is 2. The van der Waals surface area contributed by atoms with Crippen LogP contribution in [0.5, 0.6) is 5.75 Å². The second kappa shape index (κ2) is 7.23. The van der Waals surface area contributed by atoms with E-state index < -0.39 is 0 Å². The number of nitrogens with one attached hydrogen (secondary N) is 1. The number of pyridine rings is 1. The van der Waals surface area contributed by atoms with Crippen LogP contribution in [0.25, 0.3) is 28.0 Å². The monoisotopic (exact) mass is 375 g/mol. The Labute approximate surface area is 162 Å². The van der Waals surface area contributed by atoms with Gasteiger partial charge in [-0.15, -0.1) is 0 Å². The first kappa shape index (κ1) is 17.9. The fourth-order valence-electron chi connectivity index (χ4n) is 3.25. The lowest BCUT2D eigenvalue weighted by atomic mass is 10.1. The van der Waals surface area contributed by atoms with Crippen LogP contribution in [0.3, 0.4) is 0 Å². The van der Waals surface area contributed by atoms with Gasteiger partial charge in [0.25, 0.3) is 5.91 Å². The van der Waals surface area contributed by atoms with Gasteiger partial charge >= 0.3 is 0 Å². The number of hydrogen-bond donors (Lipinski definition) is 1. The number of oxazole rings is 1. The summed E-state index contributed by atoms with van der Waals surface area (Å²) in [5.74, 6) is 0.651. The molecule has 0 atom stereocenters. The number of carbonyl (C=O) groups excluding carboxylic acids is 1. The highest BCUT2D eigenvalue weighted by Crippen LogP contribution is 2.30. The van der Waals surface area contributed by atoms with Crippen molar-refractivity contribution in [2.24, 2.45) is 0 Å². The molecule has 0 unspecified atom stereocenters. The van der Waals surface area contributed by atoms with Crippen molar-refractivity contribution in [3.05, 3.63) is 66.9 Å². The van der Waals surface area contributed by atoms with Crippen molar-refractivity contribution in [2.45, 2.75) is 19.9 Å². The Balaban J connectivity index is 1.90. The molecule has 4 rings (SSSR count). The lowest BCUT2D eigenvalue weighted by Gasteiger charge is -2.09. The topological polar surface area (TPSA) is 68.8 Å². The summed E-state index contributed by atoms with van der Waals surface area (Å²) < 4.78 is 12.5. The van der Waals surface area contributed by atoms with Crippen LogP contribution in [0.1, 0.15) is 24.2 Å². The summed E-state index contributed by atoms with van der Waals surface area (Å²) in [6.07, 6.45) is 4.91. The lowest BCUT2D eigenvalue weighted by molar-refractivity contribution is 0.0944. The summed E-state index contributed by atoms with van der Waals surface area (Å²) >= 11 is 0. The number of rotatable bonds is 5. The maximum Gasteiger partial charge on any atom is 0.253 e. The summed E-state index contributed by atoms with van der Waals surface area (Å²) in [6.45, 7) is 3.87. The van der Waals surface area contributed by atoms with Crippen molar-refractivity contribution in [1.29, 1.82) is 0 Å². The Morgan fingerprint density at radius 2 is 2.04 bits per heavy atom. The second-order valence-electron chi connectivity index (χ2n) is 6.85. The van der Waals surface area contributed by atoms with Crippen molar-refractivity contribution in [2.75, 3.05) is 7.11 Å². The third-order valence-electron chi connectivity index (χ3n) is 4.51. The van der Waals surface area contributed by atoms with Crippen molar-refractivity contribution in [3.63, 3.8) is 0 Å². The van der Waals surface area contributed by atoms with Crippen LogP contribution in [0.2, 0.25) is 0 Å². The van der Waals surface area contributed by atoms with Gasteiger partial charge in [-0.3, -0.25) is 4.79 Å². The predicted molar refractivity (Wildman–Crippen MR) is 107 cm³/mol. The van der Waals surface area contributed by atoms with E-state index in [1.165, 1.54) is 6.39 Å². The van der Waals surface area contributed by atoms with Crippen LogP contribution >= 0.6 is 0 Å². The minimum atomic E-state index is -0.139. The average molecular weight is 375 g/mol. The van der Waals surface area contributed by atoms with Gasteiger partial charge in [0.2, 0.25) is 0 Å². The normalized spacial score (nSPS) is 11.1. The summed E-state index contributed by atoms with van der Waals surface area (Å²) in [6, 6.07) is 13.8. The molecule has 6 nitrogen and oxygen atoms in total. The molecule has 0 radical (unpaired) electrons. The molecule has 1 amide bonds. The Morgan fingerprint density at radius 1 is 1.18 bits per heavy atom. The van der Waals surface area contributed by atoms with Crippen molar-refractivity contribution in [1.82, 2.24) is 14.7 Å². The van der Waals surface area contributed by atoms with Crippen molar-refractivity contribution >= 4 is 11.4 Å². The number of benzene rings is 1. The van der Waals surface area contributed by atoms with E-state index in [2.05, 4.69) is 10.3 Å². The molecule has 0 saturated carbocycles. The van der Waals surface area contributed by atoms with Crippen molar-refractivity contribution < 1.29 is 13.9 Å². The number of amides is 1. The molecular weight excluding hydrogens is 354 g/mol. The first-order chi connectivity index (χ1) is 13.6. The fraction of sp³-hybridized carbons (Fsp3) is 0.182. The summed E-state index contributed by atoms with van der Waals surface area (Å²) in [5.41, 5.74) is 4.80. The van der Waals surface area contributed by atoms with Crippen LogP contribution in [-0.2, 0) is 0 Å². The van der Waals surface area contributed by atoms with E-state index in [9.17, 15) is 4.79 Å². The maximum absolute atomic E-state index is 12.8. The number of hydrogen-bond acceptors (Lipinski definition) is 4. The van der Waals surface area contributed by atoms with Crippen LogP contribution in [0.15, 0.2) is 65.7 Å². The standard InChI is InChI=1S/C22H21N3O3/c1-14(2)24-22(26)19-10-17-8-7-16(15-5-4-6-18(9-15)27-3)11-25(17)21(19)20-12-28-13-23-20/h4-14H,1-3H3,(H,24,26). The van der Waals surface area contributed by atoms with Gasteiger partial charge in [-0.1, -0.05) is 18.2 Å². The zero-order chi connectivity index (χ0) is 19.7. The second-order valence-corrected chi connectivity index (χ2v) is 6.85. The molecule has 0 aliphatic carbocycles. The number of methoxy groups -OCH3 is 1. The van der Waals surface area contributed by atoms with E-state index in [0.717, 1.165) is 22.4 Å². The summed E-state index contributed by atoms with van der Waals surface area (Å²) in [5, 5.41) is 2.96. The molecule has 3 heterocycles. The molecule has 28 heavy (non-hydrogen) atoms. The zero-order valence-corrected chi connectivity index (χ0v) is 16.0. The smallest absolute Gasteiger partial charge is 0.253 e. The van der Waals surface area contributed by atoms with E-state index in [-0.39, 0.29) is 11.9 Å². The Bertz CT molecular complexity index is 1130. The SMILES string of the molecule is COc1cccc(-c2ccc3cc(C(=O)NC(C)C)c(-c4cocn4)n3c2)c1. The third-order valence-corrected chi connectivity index (χ3v) is 4.51. The van der Waals surface area contributed by atoms with E-state index in [1.54, 1.807) is 13.4 Å². The Kier molecular flexibility index (Phi) is 4.61. The van der Waals surface area contributed by atoms with Gasteiger partial charge in [0.05, 0.1) is 18.4 Å². The summed E-state index contributed by atoms with van der Waals surface area (Å²) in [4.78, 5) is 17.1. The highest BCUT2D eigenvalue weighted by molar-refractivity contribution is 6.02. The summed E-state index contributed by atoms with van der Waals surface area (Å²) in [7, 11) is 1.65. The molecule has 142 valence electrons.